The Hall–Kier alpha value is -3.46. The van der Waals surface area contributed by atoms with Crippen molar-refractivity contribution in [3.63, 3.8) is 0 Å². The summed E-state index contributed by atoms with van der Waals surface area (Å²) in [6.45, 7) is 3.04. The van der Waals surface area contributed by atoms with Gasteiger partial charge in [-0.05, 0) is 31.6 Å². The molecule has 0 aromatic carbocycles. The van der Waals surface area contributed by atoms with Gasteiger partial charge in [0.05, 0.1) is 12.6 Å². The zero-order valence-corrected chi connectivity index (χ0v) is 20.0. The second kappa shape index (κ2) is 16.2. The first-order valence-electron chi connectivity index (χ1n) is 11.1. The van der Waals surface area contributed by atoms with Crippen LogP contribution in [0.3, 0.4) is 0 Å². The Kier molecular flexibility index (Phi) is 14.6. The number of carbonyl (C=O) groups is 5. The third-order valence-corrected chi connectivity index (χ3v) is 4.75. The van der Waals surface area contributed by atoms with Gasteiger partial charge < -0.3 is 49.1 Å². The number of hydrogen-bond donors (Lipinski definition) is 9. The van der Waals surface area contributed by atoms with Crippen LogP contribution in [-0.2, 0) is 24.0 Å². The molecule has 15 heteroatoms. The molecule has 15 nitrogen and oxygen atoms in total. The average molecular weight is 503 g/mol. The molecule has 4 atom stereocenters. The molecule has 0 aromatic heterocycles. The summed E-state index contributed by atoms with van der Waals surface area (Å²) < 4.78 is 0. The number of nitrogens with one attached hydrogen (secondary N) is 3. The number of aliphatic carboxylic acids is 1. The maximum atomic E-state index is 13.0. The summed E-state index contributed by atoms with van der Waals surface area (Å²) in [5.74, 6) is -4.58. The van der Waals surface area contributed by atoms with Gasteiger partial charge in [0, 0.05) is 13.0 Å². The zero-order valence-electron chi connectivity index (χ0n) is 20.0. The quantitative estimate of drug-likeness (QED) is 0.0531. The van der Waals surface area contributed by atoms with Gasteiger partial charge >= 0.3 is 5.97 Å². The minimum absolute atomic E-state index is 0.0846. The van der Waals surface area contributed by atoms with Gasteiger partial charge in [0.25, 0.3) is 0 Å². The van der Waals surface area contributed by atoms with E-state index in [-0.39, 0.29) is 37.7 Å². The summed E-state index contributed by atoms with van der Waals surface area (Å²) >= 11 is 0. The lowest BCUT2D eigenvalue weighted by atomic mass is 10.0. The van der Waals surface area contributed by atoms with Gasteiger partial charge in [0.2, 0.25) is 23.6 Å². The Labute approximate surface area is 203 Å². The number of carboxylic acids is 1. The molecule has 13 N–H and O–H groups in total. The topological polar surface area (TPSA) is 278 Å². The first kappa shape index (κ1) is 31.5. The Bertz CT molecular complexity index is 771. The summed E-state index contributed by atoms with van der Waals surface area (Å²) in [6.07, 6.45) is 0.207. The number of hydrogen-bond acceptors (Lipinski definition) is 8. The summed E-state index contributed by atoms with van der Waals surface area (Å²) in [5.41, 5.74) is 21.6. The van der Waals surface area contributed by atoms with Crippen molar-refractivity contribution in [3.8, 4) is 0 Å². The molecular weight excluding hydrogens is 464 g/mol. The van der Waals surface area contributed by atoms with Crippen molar-refractivity contribution in [3.05, 3.63) is 0 Å². The van der Waals surface area contributed by atoms with E-state index in [0.717, 1.165) is 0 Å². The van der Waals surface area contributed by atoms with Crippen molar-refractivity contribution in [1.29, 1.82) is 0 Å². The maximum absolute atomic E-state index is 13.0. The molecule has 0 rings (SSSR count). The number of aliphatic hydroxyl groups is 1. The number of guanidine groups is 1. The predicted molar refractivity (Wildman–Crippen MR) is 126 cm³/mol. The van der Waals surface area contributed by atoms with Gasteiger partial charge in [-0.2, -0.15) is 0 Å². The highest BCUT2D eigenvalue weighted by Crippen LogP contribution is 2.06. The maximum Gasteiger partial charge on any atom is 0.328 e. The van der Waals surface area contributed by atoms with Crippen molar-refractivity contribution in [2.45, 2.75) is 70.1 Å². The Morgan fingerprint density at radius 2 is 1.37 bits per heavy atom. The fraction of sp³-hybridized carbons (Fsp3) is 0.700. The number of nitrogens with zero attached hydrogens (tertiary/aromatic N) is 1. The fourth-order valence-corrected chi connectivity index (χ4v) is 2.95. The minimum Gasteiger partial charge on any atom is -0.480 e. The first-order chi connectivity index (χ1) is 16.3. The lowest BCUT2D eigenvalue weighted by molar-refractivity contribution is -0.143. The first-order valence-corrected chi connectivity index (χ1v) is 11.1. The van der Waals surface area contributed by atoms with E-state index in [1.54, 1.807) is 0 Å². The van der Waals surface area contributed by atoms with Gasteiger partial charge in [-0.15, -0.1) is 0 Å². The molecule has 0 fully saturated rings. The predicted octanol–water partition coefficient (Wildman–Crippen LogP) is -3.79. The minimum atomic E-state index is -1.63. The van der Waals surface area contributed by atoms with Crippen molar-refractivity contribution in [2.75, 3.05) is 13.2 Å². The number of aliphatic imine (C=N–C) groups is 1. The molecule has 200 valence electrons. The Morgan fingerprint density at radius 1 is 0.857 bits per heavy atom. The molecule has 4 amide bonds. The summed E-state index contributed by atoms with van der Waals surface area (Å²) in [6, 6.07) is -5.01. The van der Waals surface area contributed by atoms with Crippen LogP contribution in [0.25, 0.3) is 0 Å². The molecule has 4 unspecified atom stereocenters. The van der Waals surface area contributed by atoms with Gasteiger partial charge in [0.15, 0.2) is 5.96 Å². The van der Waals surface area contributed by atoms with E-state index in [0.29, 0.717) is 12.8 Å². The number of primary amides is 1. The molecule has 35 heavy (non-hydrogen) atoms. The van der Waals surface area contributed by atoms with E-state index in [4.69, 9.17) is 33.1 Å². The summed E-state index contributed by atoms with van der Waals surface area (Å²) in [7, 11) is 0. The highest BCUT2D eigenvalue weighted by Gasteiger charge is 2.30. The zero-order chi connectivity index (χ0) is 27.1. The van der Waals surface area contributed by atoms with E-state index in [1.807, 2.05) is 13.8 Å². The molecule has 0 saturated heterocycles. The average Bonchev–Trinajstić information content (AvgIpc) is 2.75. The van der Waals surface area contributed by atoms with Gasteiger partial charge in [0.1, 0.15) is 18.1 Å². The van der Waals surface area contributed by atoms with Crippen LogP contribution >= 0.6 is 0 Å². The SMILES string of the molecule is CC(C)CC(N)C(=O)NC(CCCN=C(N)N)C(=O)NC(CCC(N)=O)C(=O)NC(CO)C(=O)O. The second-order valence-electron chi connectivity index (χ2n) is 8.39. The lowest BCUT2D eigenvalue weighted by Gasteiger charge is -2.25. The van der Waals surface area contributed by atoms with Crippen molar-refractivity contribution < 1.29 is 34.2 Å². The second-order valence-corrected chi connectivity index (χ2v) is 8.39. The van der Waals surface area contributed by atoms with Gasteiger partial charge in [-0.25, -0.2) is 4.79 Å². The molecule has 0 aromatic rings. The molecule has 0 saturated carbocycles. The van der Waals surface area contributed by atoms with E-state index in [1.165, 1.54) is 0 Å². The number of carboxylic acid groups (broad SMARTS) is 1. The number of amides is 4. The van der Waals surface area contributed by atoms with Crippen LogP contribution in [-0.4, -0.2) is 83.1 Å². The van der Waals surface area contributed by atoms with E-state index < -0.39 is 60.4 Å². The van der Waals surface area contributed by atoms with Crippen LogP contribution in [0.2, 0.25) is 0 Å². The molecule has 0 aliphatic heterocycles. The number of nitrogens with two attached hydrogens (primary N) is 4. The van der Waals surface area contributed by atoms with Gasteiger partial charge in [-0.3, -0.25) is 24.2 Å². The van der Waals surface area contributed by atoms with Crippen LogP contribution in [0.4, 0.5) is 0 Å². The van der Waals surface area contributed by atoms with Crippen LogP contribution in [0.5, 0.6) is 0 Å². The van der Waals surface area contributed by atoms with Crippen molar-refractivity contribution in [1.82, 2.24) is 16.0 Å². The normalized spacial score (nSPS) is 14.2. The monoisotopic (exact) mass is 502 g/mol. The number of aliphatic hydroxyl groups excluding tert-OH is 1. The lowest BCUT2D eigenvalue weighted by Crippen LogP contribution is -2.57. The molecule has 0 spiro atoms. The highest BCUT2D eigenvalue weighted by atomic mass is 16.4. The van der Waals surface area contributed by atoms with Crippen LogP contribution in [0.15, 0.2) is 4.99 Å². The Balaban J connectivity index is 5.59. The largest absolute Gasteiger partial charge is 0.480 e. The number of rotatable bonds is 17. The molecule has 0 radical (unpaired) electrons. The third kappa shape index (κ3) is 13.7. The van der Waals surface area contributed by atoms with E-state index >= 15 is 0 Å². The molecule has 0 heterocycles. The van der Waals surface area contributed by atoms with Crippen molar-refractivity contribution >= 4 is 35.6 Å². The van der Waals surface area contributed by atoms with Crippen LogP contribution < -0.4 is 38.9 Å². The van der Waals surface area contributed by atoms with Crippen LogP contribution in [0, 0.1) is 5.92 Å². The van der Waals surface area contributed by atoms with Crippen molar-refractivity contribution in [2.24, 2.45) is 33.8 Å². The van der Waals surface area contributed by atoms with Gasteiger partial charge in [-0.1, -0.05) is 13.8 Å². The third-order valence-electron chi connectivity index (χ3n) is 4.75. The molecular formula is C20H38N8O7. The standard InChI is InChI=1S/C20H38N8O7/c1-10(2)8-11(21)16(31)26-12(4-3-7-25-20(23)24)17(32)27-13(5-6-15(22)30)18(33)28-14(9-29)19(34)35/h10-14,29H,3-9,21H2,1-2H3,(H2,22,30)(H,26,31)(H,27,32)(H,28,33)(H,34,35)(H4,23,24,25). The fourth-order valence-electron chi connectivity index (χ4n) is 2.95. The van der Waals surface area contributed by atoms with E-state index in [2.05, 4.69) is 20.9 Å². The van der Waals surface area contributed by atoms with Crippen LogP contribution in [0.1, 0.15) is 46.0 Å². The number of carbonyl (C=O) groups excluding carboxylic acids is 4. The summed E-state index contributed by atoms with van der Waals surface area (Å²) in [4.78, 5) is 64.2. The molecule has 0 aliphatic rings. The smallest absolute Gasteiger partial charge is 0.328 e. The molecule has 0 aliphatic carbocycles. The highest BCUT2D eigenvalue weighted by molar-refractivity contribution is 5.94. The summed E-state index contributed by atoms with van der Waals surface area (Å²) in [5, 5.41) is 25.2. The Morgan fingerprint density at radius 3 is 1.83 bits per heavy atom. The van der Waals surface area contributed by atoms with E-state index in [9.17, 15) is 24.0 Å². The molecule has 0 bridgehead atoms.